The second-order valence-corrected chi connectivity index (χ2v) is 10.1. The number of pyridine rings is 3. The number of aromatic nitrogens is 3. The monoisotopic (exact) mass is 445 g/mol. The fourth-order valence-corrected chi connectivity index (χ4v) is 6.32. The Morgan fingerprint density at radius 1 is 0.515 bits per heavy atom. The molecule has 0 saturated carbocycles. The van der Waals surface area contributed by atoms with Gasteiger partial charge in [0.25, 0.3) is 0 Å². The molecule has 0 saturated heterocycles. The van der Waals surface area contributed by atoms with E-state index in [0.29, 0.717) is 0 Å². The van der Waals surface area contributed by atoms with Crippen LogP contribution in [-0.4, -0.2) is 15.0 Å². The fourth-order valence-electron chi connectivity index (χ4n) is 4.10. The summed E-state index contributed by atoms with van der Waals surface area (Å²) in [5.74, 6) is 0. The van der Waals surface area contributed by atoms with Crippen molar-refractivity contribution in [2.75, 3.05) is 0 Å². The van der Waals surface area contributed by atoms with Gasteiger partial charge in [0, 0.05) is 20.3 Å². The summed E-state index contributed by atoms with van der Waals surface area (Å²) in [5, 5.41) is 2.56. The van der Waals surface area contributed by atoms with Gasteiger partial charge in [-0.2, -0.15) is 0 Å². The normalized spacial score (nSPS) is 11.5. The third-order valence-electron chi connectivity index (χ3n) is 5.86. The lowest BCUT2D eigenvalue weighted by atomic mass is 9.79. The molecule has 0 N–H and O–H groups in total. The van der Waals surface area contributed by atoms with Crippen molar-refractivity contribution in [3.63, 3.8) is 0 Å². The van der Waals surface area contributed by atoms with Gasteiger partial charge in [-0.3, -0.25) is 15.0 Å². The van der Waals surface area contributed by atoms with Crippen molar-refractivity contribution in [1.82, 2.24) is 15.0 Å². The van der Waals surface area contributed by atoms with E-state index >= 15 is 0 Å². The minimum absolute atomic E-state index is 0.576. The molecule has 3 heterocycles. The summed E-state index contributed by atoms with van der Waals surface area (Å²) < 4.78 is 0. The van der Waals surface area contributed by atoms with Gasteiger partial charge in [-0.15, -0.1) is 0 Å². The van der Waals surface area contributed by atoms with Crippen molar-refractivity contribution in [3.8, 4) is 0 Å². The summed E-state index contributed by atoms with van der Waals surface area (Å²) in [6, 6.07) is 39.7. The molecule has 2 aromatic carbocycles. The first kappa shape index (κ1) is 21.2. The van der Waals surface area contributed by atoms with Crippen molar-refractivity contribution in [3.05, 3.63) is 145 Å². The van der Waals surface area contributed by atoms with Crippen LogP contribution in [0.4, 0.5) is 0 Å². The smallest absolute Gasteiger partial charge is 0.0939 e. The molecule has 0 amide bonds. The van der Waals surface area contributed by atoms with Crippen LogP contribution >= 0.6 is 7.92 Å². The highest BCUT2D eigenvalue weighted by atomic mass is 31.1. The number of nitrogens with zero attached hydrogens (tertiary/aromatic N) is 3. The molecule has 0 atom stereocenters. The predicted molar refractivity (Wildman–Crippen MR) is 137 cm³/mol. The van der Waals surface area contributed by atoms with Crippen LogP contribution in [0.2, 0.25) is 0 Å². The molecule has 0 unspecified atom stereocenters. The Hall–Kier alpha value is -3.68. The molecule has 3 aromatic heterocycles. The number of benzene rings is 2. The Morgan fingerprint density at radius 3 is 1.48 bits per heavy atom. The van der Waals surface area contributed by atoms with E-state index in [1.807, 2.05) is 36.7 Å². The van der Waals surface area contributed by atoms with Gasteiger partial charge in [-0.1, -0.05) is 78.9 Å². The van der Waals surface area contributed by atoms with Crippen molar-refractivity contribution in [2.24, 2.45) is 0 Å². The van der Waals surface area contributed by atoms with Gasteiger partial charge in [0.1, 0.15) is 0 Å². The van der Waals surface area contributed by atoms with Crippen molar-refractivity contribution in [1.29, 1.82) is 0 Å². The molecule has 0 spiro atoms. The van der Waals surface area contributed by atoms with Crippen LogP contribution in [0.5, 0.6) is 0 Å². The van der Waals surface area contributed by atoms with E-state index in [4.69, 9.17) is 15.0 Å². The molecule has 4 heteroatoms. The quantitative estimate of drug-likeness (QED) is 0.346. The lowest BCUT2D eigenvalue weighted by Crippen LogP contribution is -2.32. The Labute approximate surface area is 196 Å². The average Bonchev–Trinajstić information content (AvgIpc) is 2.91. The van der Waals surface area contributed by atoms with Crippen molar-refractivity contribution >= 4 is 24.0 Å². The summed E-state index contributed by atoms with van der Waals surface area (Å²) >= 11 is 0. The molecular formula is C29H24N3P. The first-order valence-electron chi connectivity index (χ1n) is 11.0. The molecule has 0 aliphatic heterocycles. The third kappa shape index (κ3) is 4.20. The van der Waals surface area contributed by atoms with Crippen molar-refractivity contribution < 1.29 is 0 Å². The molecule has 0 aliphatic carbocycles. The van der Waals surface area contributed by atoms with Crippen LogP contribution in [-0.2, 0) is 5.41 Å². The zero-order valence-corrected chi connectivity index (χ0v) is 19.3. The van der Waals surface area contributed by atoms with E-state index < -0.39 is 13.3 Å². The number of rotatable bonds is 6. The van der Waals surface area contributed by atoms with Gasteiger partial charge < -0.3 is 0 Å². The number of hydrogen-bond donors (Lipinski definition) is 0. The van der Waals surface area contributed by atoms with Gasteiger partial charge in [-0.05, 0) is 53.9 Å². The first-order chi connectivity index (χ1) is 16.3. The van der Waals surface area contributed by atoms with E-state index in [2.05, 4.69) is 97.9 Å². The van der Waals surface area contributed by atoms with Crippen LogP contribution < -0.4 is 16.0 Å². The molecule has 3 nitrogen and oxygen atoms in total. The Morgan fingerprint density at radius 2 is 1.00 bits per heavy atom. The van der Waals surface area contributed by atoms with E-state index in [9.17, 15) is 0 Å². The maximum atomic E-state index is 5.30. The predicted octanol–water partition coefficient (Wildman–Crippen LogP) is 4.98. The molecular weight excluding hydrogens is 421 g/mol. The van der Waals surface area contributed by atoms with Crippen LogP contribution in [0.3, 0.4) is 0 Å². The summed E-state index contributed by atoms with van der Waals surface area (Å²) in [7, 11) is -0.799. The van der Waals surface area contributed by atoms with Crippen LogP contribution in [0.1, 0.15) is 24.0 Å². The van der Waals surface area contributed by atoms with E-state index in [1.165, 1.54) is 10.6 Å². The zero-order chi connectivity index (χ0) is 22.5. The van der Waals surface area contributed by atoms with Crippen LogP contribution in [0.25, 0.3) is 0 Å². The van der Waals surface area contributed by atoms with E-state index in [0.717, 1.165) is 22.5 Å². The Balaban J connectivity index is 1.70. The highest BCUT2D eigenvalue weighted by Gasteiger charge is 2.36. The van der Waals surface area contributed by atoms with Gasteiger partial charge >= 0.3 is 0 Å². The second-order valence-electron chi connectivity index (χ2n) is 7.94. The minimum atomic E-state index is -0.799. The average molecular weight is 446 g/mol. The van der Waals surface area contributed by atoms with E-state index in [-0.39, 0.29) is 0 Å². The largest absolute Gasteiger partial charge is 0.260 e. The minimum Gasteiger partial charge on any atom is -0.260 e. The van der Waals surface area contributed by atoms with Gasteiger partial charge in [0.05, 0.1) is 27.9 Å². The summed E-state index contributed by atoms with van der Waals surface area (Å²) in [6.07, 6.45) is 3.67. The topological polar surface area (TPSA) is 38.7 Å². The highest BCUT2D eigenvalue weighted by Crippen LogP contribution is 2.37. The summed E-state index contributed by atoms with van der Waals surface area (Å²) in [5.41, 5.74) is 3.29. The molecule has 0 aliphatic rings. The molecule has 0 fully saturated rings. The molecule has 33 heavy (non-hydrogen) atoms. The van der Waals surface area contributed by atoms with Gasteiger partial charge in [0.2, 0.25) is 0 Å². The van der Waals surface area contributed by atoms with Gasteiger partial charge in [-0.25, -0.2) is 0 Å². The summed E-state index contributed by atoms with van der Waals surface area (Å²) in [6.45, 7) is 2.16. The molecule has 160 valence electrons. The Bertz CT molecular complexity index is 1230. The standard InChI is InChI=1S/C29H24N3P/c1-29(25-17-8-10-21-30-25,26-18-9-11-22-31-26)27-19-12-20-28(32-27)33(23-13-4-2-5-14-23)24-15-6-3-7-16-24/h2-22H,1H3. The molecule has 5 aromatic rings. The lowest BCUT2D eigenvalue weighted by Gasteiger charge is -2.29. The maximum absolute atomic E-state index is 5.30. The molecule has 0 radical (unpaired) electrons. The van der Waals surface area contributed by atoms with Gasteiger partial charge in [0.15, 0.2) is 0 Å². The first-order valence-corrected chi connectivity index (χ1v) is 12.3. The number of hydrogen-bond acceptors (Lipinski definition) is 3. The molecule has 0 bridgehead atoms. The SMILES string of the molecule is CC(c1ccccn1)(c1ccccn1)c1cccc(P(c2ccccc2)c2ccccc2)n1. The van der Waals surface area contributed by atoms with Crippen molar-refractivity contribution in [2.45, 2.75) is 12.3 Å². The van der Waals surface area contributed by atoms with Crippen LogP contribution in [0, 0.1) is 0 Å². The highest BCUT2D eigenvalue weighted by molar-refractivity contribution is 7.79. The Kier molecular flexibility index (Phi) is 6.06. The lowest BCUT2D eigenvalue weighted by molar-refractivity contribution is 0.621. The molecule has 5 rings (SSSR count). The fraction of sp³-hybridized carbons (Fsp3) is 0.0690. The zero-order valence-electron chi connectivity index (χ0n) is 18.4. The van der Waals surface area contributed by atoms with Crippen LogP contribution in [0.15, 0.2) is 128 Å². The maximum Gasteiger partial charge on any atom is 0.0939 e. The third-order valence-corrected chi connectivity index (χ3v) is 8.20. The second kappa shape index (κ2) is 9.44. The summed E-state index contributed by atoms with van der Waals surface area (Å²) in [4.78, 5) is 14.7. The van der Waals surface area contributed by atoms with E-state index in [1.54, 1.807) is 0 Å².